The van der Waals surface area contributed by atoms with Gasteiger partial charge in [0, 0.05) is 48.7 Å². The smallest absolute Gasteiger partial charge is 0.251 e. The Morgan fingerprint density at radius 2 is 1.89 bits per heavy atom. The molecule has 1 aliphatic heterocycles. The van der Waals surface area contributed by atoms with E-state index in [1.807, 2.05) is 18.2 Å². The van der Waals surface area contributed by atoms with Crippen LogP contribution < -0.4 is 15.7 Å². The molecule has 0 spiro atoms. The van der Waals surface area contributed by atoms with E-state index in [1.54, 1.807) is 30.6 Å². The number of rotatable bonds is 6. The van der Waals surface area contributed by atoms with Crippen LogP contribution in [0.2, 0.25) is 0 Å². The van der Waals surface area contributed by atoms with Gasteiger partial charge in [0.15, 0.2) is 5.58 Å². The van der Waals surface area contributed by atoms with Gasteiger partial charge in [-0.05, 0) is 61.1 Å². The number of aromatic nitrogens is 3. The third kappa shape index (κ3) is 5.33. The first-order valence-electron chi connectivity index (χ1n) is 12.5. The lowest BCUT2D eigenvalue weighted by atomic mass is 9.96. The minimum Gasteiger partial charge on any atom is -0.436 e. The van der Waals surface area contributed by atoms with Crippen molar-refractivity contribution in [3.05, 3.63) is 65.5 Å². The Balaban J connectivity index is 1.19. The van der Waals surface area contributed by atoms with Crippen LogP contribution >= 0.6 is 0 Å². The second-order valence-corrected chi connectivity index (χ2v) is 9.73. The van der Waals surface area contributed by atoms with Crippen molar-refractivity contribution in [2.45, 2.75) is 32.6 Å². The fraction of sp³-hybridized carbons (Fsp3) is 0.321. The molecular weight excluding hydrogens is 463 g/mol. The molecule has 0 atom stereocenters. The summed E-state index contributed by atoms with van der Waals surface area (Å²) < 4.78 is 6.08. The molecule has 4 aromatic rings. The molecule has 0 bridgehead atoms. The van der Waals surface area contributed by atoms with Gasteiger partial charge >= 0.3 is 0 Å². The maximum atomic E-state index is 12.8. The second-order valence-electron chi connectivity index (χ2n) is 9.73. The summed E-state index contributed by atoms with van der Waals surface area (Å²) in [6, 6.07) is 13.0. The molecule has 3 heterocycles. The quantitative estimate of drug-likeness (QED) is 0.411. The van der Waals surface area contributed by atoms with E-state index in [4.69, 9.17) is 12.3 Å². The topological polar surface area (TPSA) is 108 Å². The molecular formula is C28H27BN6O2. The zero-order valence-corrected chi connectivity index (χ0v) is 20.9. The van der Waals surface area contributed by atoms with E-state index in [1.165, 1.54) is 0 Å². The first-order valence-corrected chi connectivity index (χ1v) is 12.5. The summed E-state index contributed by atoms with van der Waals surface area (Å²) in [4.78, 5) is 28.1. The van der Waals surface area contributed by atoms with E-state index >= 15 is 0 Å². The maximum Gasteiger partial charge on any atom is 0.251 e. The van der Waals surface area contributed by atoms with Gasteiger partial charge < -0.3 is 14.6 Å². The largest absolute Gasteiger partial charge is 0.436 e. The van der Waals surface area contributed by atoms with Crippen molar-refractivity contribution < 1.29 is 9.21 Å². The van der Waals surface area contributed by atoms with Crippen molar-refractivity contribution in [3.63, 3.8) is 0 Å². The van der Waals surface area contributed by atoms with Crippen molar-refractivity contribution in [2.24, 2.45) is 5.92 Å². The Morgan fingerprint density at radius 1 is 1.19 bits per heavy atom. The van der Waals surface area contributed by atoms with Crippen LogP contribution in [0.3, 0.4) is 0 Å². The Labute approximate surface area is 217 Å². The minimum atomic E-state index is -0.103. The van der Waals surface area contributed by atoms with Gasteiger partial charge in [0.05, 0.1) is 11.6 Å². The van der Waals surface area contributed by atoms with Crippen LogP contribution in [0, 0.1) is 17.2 Å². The summed E-state index contributed by atoms with van der Waals surface area (Å²) in [6.45, 7) is 6.43. The maximum absolute atomic E-state index is 12.8. The lowest BCUT2D eigenvalue weighted by molar-refractivity contribution is 0.0945. The van der Waals surface area contributed by atoms with Crippen LogP contribution in [0.5, 0.6) is 0 Å². The second kappa shape index (κ2) is 10.4. The van der Waals surface area contributed by atoms with Gasteiger partial charge in [-0.3, -0.25) is 4.79 Å². The van der Waals surface area contributed by atoms with Gasteiger partial charge in [0.25, 0.3) is 5.91 Å². The molecule has 1 N–H and O–H groups in total. The number of piperidine rings is 1. The Hall–Kier alpha value is -4.19. The van der Waals surface area contributed by atoms with Crippen molar-refractivity contribution in [1.29, 1.82) is 5.26 Å². The number of fused-ring (bicyclic) bond motifs is 1. The molecule has 0 saturated carbocycles. The van der Waals surface area contributed by atoms with Crippen LogP contribution in [-0.2, 0) is 0 Å². The van der Waals surface area contributed by atoms with E-state index < -0.39 is 0 Å². The number of hydrogen-bond acceptors (Lipinski definition) is 7. The van der Waals surface area contributed by atoms with Crippen molar-refractivity contribution in [3.8, 4) is 17.5 Å². The number of hydrogen-bond donors (Lipinski definition) is 1. The van der Waals surface area contributed by atoms with Crippen LogP contribution in [0.15, 0.2) is 53.2 Å². The number of carbonyl (C=O) groups is 1. The molecule has 184 valence electrons. The molecule has 1 aliphatic rings. The van der Waals surface area contributed by atoms with Gasteiger partial charge in [0.2, 0.25) is 11.8 Å². The predicted molar refractivity (Wildman–Crippen MR) is 143 cm³/mol. The van der Waals surface area contributed by atoms with E-state index in [0.29, 0.717) is 52.0 Å². The van der Waals surface area contributed by atoms with Crippen LogP contribution in [0.1, 0.15) is 54.1 Å². The minimum absolute atomic E-state index is 0.103. The van der Waals surface area contributed by atoms with E-state index in [9.17, 15) is 10.1 Å². The van der Waals surface area contributed by atoms with E-state index in [-0.39, 0.29) is 11.8 Å². The zero-order valence-electron chi connectivity index (χ0n) is 20.9. The molecule has 9 heteroatoms. The highest BCUT2D eigenvalue weighted by atomic mass is 16.3. The predicted octanol–water partition coefficient (Wildman–Crippen LogP) is 3.72. The summed E-state index contributed by atoms with van der Waals surface area (Å²) in [7, 11) is 5.67. The standard InChI is InChI=1S/C28H27BN6O2/c1-17(2)23-11-19(13-30)12-24-25(23)37-27(34-24)21-5-3-20(4-6-21)26(36)31-14-18-7-9-35(10-8-18)28-32-15-22(29)16-33-28/h3-6,11-12,15-18H,7-10,14H2,1-2H3,(H,31,36). The third-order valence-corrected chi connectivity index (χ3v) is 6.77. The summed E-state index contributed by atoms with van der Waals surface area (Å²) in [5.74, 6) is 1.66. The monoisotopic (exact) mass is 490 g/mol. The fourth-order valence-corrected chi connectivity index (χ4v) is 4.61. The summed E-state index contributed by atoms with van der Waals surface area (Å²) in [6.07, 6.45) is 5.16. The zero-order chi connectivity index (χ0) is 25.9. The van der Waals surface area contributed by atoms with Crippen molar-refractivity contribution >= 4 is 36.3 Å². The average Bonchev–Trinajstić information content (AvgIpc) is 3.36. The van der Waals surface area contributed by atoms with Gasteiger partial charge in [-0.15, -0.1) is 0 Å². The molecule has 0 unspecified atom stereocenters. The number of nitrogens with zero attached hydrogens (tertiary/aromatic N) is 5. The van der Waals surface area contributed by atoms with Gasteiger partial charge in [0.1, 0.15) is 13.4 Å². The Morgan fingerprint density at radius 3 is 2.54 bits per heavy atom. The Kier molecular flexibility index (Phi) is 6.91. The first-order chi connectivity index (χ1) is 17.9. The van der Waals surface area contributed by atoms with Crippen molar-refractivity contribution in [2.75, 3.05) is 24.5 Å². The highest BCUT2D eigenvalue weighted by molar-refractivity contribution is 6.31. The molecule has 2 aromatic heterocycles. The molecule has 2 radical (unpaired) electrons. The molecule has 1 amide bonds. The van der Waals surface area contributed by atoms with Crippen LogP contribution in [0.25, 0.3) is 22.6 Å². The number of benzene rings is 2. The fourth-order valence-electron chi connectivity index (χ4n) is 4.61. The molecule has 1 saturated heterocycles. The van der Waals surface area contributed by atoms with E-state index in [0.717, 1.165) is 37.1 Å². The number of carbonyl (C=O) groups excluding carboxylic acids is 1. The summed E-state index contributed by atoms with van der Waals surface area (Å²) in [5.41, 5.74) is 4.79. The lowest BCUT2D eigenvalue weighted by Gasteiger charge is -2.32. The van der Waals surface area contributed by atoms with Gasteiger partial charge in [-0.1, -0.05) is 19.3 Å². The third-order valence-electron chi connectivity index (χ3n) is 6.77. The molecule has 8 nitrogen and oxygen atoms in total. The normalized spacial score (nSPS) is 14.2. The SMILES string of the molecule is [B]c1cnc(N2CCC(CNC(=O)c3ccc(-c4nc5cc(C#N)cc(C(C)C)c5o4)cc3)CC2)nc1. The highest BCUT2D eigenvalue weighted by Crippen LogP contribution is 2.31. The number of anilines is 1. The van der Waals surface area contributed by atoms with Gasteiger partial charge in [-0.25, -0.2) is 15.0 Å². The number of oxazole rings is 1. The van der Waals surface area contributed by atoms with Crippen LogP contribution in [0.4, 0.5) is 5.95 Å². The van der Waals surface area contributed by atoms with Crippen LogP contribution in [-0.4, -0.2) is 48.3 Å². The molecule has 0 aliphatic carbocycles. The summed E-state index contributed by atoms with van der Waals surface area (Å²) in [5, 5.41) is 12.4. The Bertz CT molecular complexity index is 1450. The molecule has 2 aromatic carbocycles. The summed E-state index contributed by atoms with van der Waals surface area (Å²) >= 11 is 0. The lowest BCUT2D eigenvalue weighted by Crippen LogP contribution is -2.39. The van der Waals surface area contributed by atoms with Gasteiger partial charge in [-0.2, -0.15) is 5.26 Å². The molecule has 1 fully saturated rings. The average molecular weight is 490 g/mol. The first kappa shape index (κ1) is 24.5. The number of amides is 1. The molecule has 5 rings (SSSR count). The van der Waals surface area contributed by atoms with Crippen molar-refractivity contribution in [1.82, 2.24) is 20.3 Å². The highest BCUT2D eigenvalue weighted by Gasteiger charge is 2.22. The number of nitrogens with one attached hydrogen (secondary N) is 1. The molecule has 37 heavy (non-hydrogen) atoms. The number of nitriles is 1. The van der Waals surface area contributed by atoms with E-state index in [2.05, 4.69) is 45.1 Å².